The smallest absolute Gasteiger partial charge is 0.233 e. The number of carbonyl (C=O) groups is 2. The van der Waals surface area contributed by atoms with Crippen molar-refractivity contribution < 1.29 is 14.3 Å². The number of para-hydroxylation sites is 2. The number of amides is 2. The Labute approximate surface area is 156 Å². The lowest BCUT2D eigenvalue weighted by Crippen LogP contribution is -2.50. The first-order valence-electron chi connectivity index (χ1n) is 8.29. The van der Waals surface area contributed by atoms with E-state index in [4.69, 9.17) is 4.74 Å². The molecule has 0 aliphatic carbocycles. The fourth-order valence-corrected chi connectivity index (χ4v) is 3.63. The van der Waals surface area contributed by atoms with Gasteiger partial charge in [0.15, 0.2) is 5.16 Å². The second-order valence-electron chi connectivity index (χ2n) is 5.83. The van der Waals surface area contributed by atoms with Crippen LogP contribution < -0.4 is 4.74 Å². The van der Waals surface area contributed by atoms with E-state index in [2.05, 4.69) is 10.2 Å². The molecular formula is C17H21N5O3S. The number of piperazine rings is 1. The van der Waals surface area contributed by atoms with Crippen LogP contribution >= 0.6 is 11.8 Å². The summed E-state index contributed by atoms with van der Waals surface area (Å²) in [5.74, 6) is 1.07. The first-order valence-corrected chi connectivity index (χ1v) is 9.28. The van der Waals surface area contributed by atoms with Crippen LogP contribution in [0.4, 0.5) is 0 Å². The molecule has 1 aromatic heterocycles. The van der Waals surface area contributed by atoms with Gasteiger partial charge in [0.1, 0.15) is 12.1 Å². The maximum atomic E-state index is 12.5. The van der Waals surface area contributed by atoms with Crippen molar-refractivity contribution in [2.45, 2.75) is 12.1 Å². The lowest BCUT2D eigenvalue weighted by molar-refractivity contribution is -0.136. The lowest BCUT2D eigenvalue weighted by atomic mass is 10.3. The van der Waals surface area contributed by atoms with Crippen LogP contribution in [0.25, 0.3) is 5.69 Å². The van der Waals surface area contributed by atoms with Crippen LogP contribution in [0.15, 0.2) is 35.7 Å². The van der Waals surface area contributed by atoms with E-state index in [9.17, 15) is 9.59 Å². The van der Waals surface area contributed by atoms with Gasteiger partial charge in [-0.15, -0.1) is 10.2 Å². The van der Waals surface area contributed by atoms with E-state index < -0.39 is 0 Å². The first kappa shape index (κ1) is 18.2. The Morgan fingerprint density at radius 1 is 1.15 bits per heavy atom. The van der Waals surface area contributed by atoms with E-state index in [1.54, 1.807) is 30.2 Å². The van der Waals surface area contributed by atoms with Crippen molar-refractivity contribution in [3.05, 3.63) is 30.6 Å². The van der Waals surface area contributed by atoms with Gasteiger partial charge in [-0.25, -0.2) is 0 Å². The summed E-state index contributed by atoms with van der Waals surface area (Å²) < 4.78 is 7.19. The van der Waals surface area contributed by atoms with Crippen molar-refractivity contribution in [3.63, 3.8) is 0 Å². The van der Waals surface area contributed by atoms with Crippen LogP contribution in [0.5, 0.6) is 5.75 Å². The SMILES string of the molecule is COc1ccccc1-n1cnnc1SCC(=O)N1CCN(C(C)=O)CC1. The predicted molar refractivity (Wildman–Crippen MR) is 97.5 cm³/mol. The zero-order valence-corrected chi connectivity index (χ0v) is 15.6. The van der Waals surface area contributed by atoms with Gasteiger partial charge in [-0.3, -0.25) is 14.2 Å². The monoisotopic (exact) mass is 375 g/mol. The zero-order valence-electron chi connectivity index (χ0n) is 14.8. The molecule has 3 rings (SSSR count). The van der Waals surface area contributed by atoms with Gasteiger partial charge < -0.3 is 14.5 Å². The van der Waals surface area contributed by atoms with Gasteiger partial charge in [-0.05, 0) is 12.1 Å². The van der Waals surface area contributed by atoms with Crippen LogP contribution in [0.1, 0.15) is 6.92 Å². The van der Waals surface area contributed by atoms with Crippen molar-refractivity contribution >= 4 is 23.6 Å². The molecule has 26 heavy (non-hydrogen) atoms. The molecule has 1 aromatic carbocycles. The van der Waals surface area contributed by atoms with Crippen molar-refractivity contribution in [2.75, 3.05) is 39.0 Å². The van der Waals surface area contributed by atoms with Gasteiger partial charge in [-0.2, -0.15) is 0 Å². The maximum absolute atomic E-state index is 12.5. The van der Waals surface area contributed by atoms with Gasteiger partial charge in [0.05, 0.1) is 18.6 Å². The third-order valence-corrected chi connectivity index (χ3v) is 5.19. The van der Waals surface area contributed by atoms with Crippen molar-refractivity contribution in [2.24, 2.45) is 0 Å². The van der Waals surface area contributed by atoms with E-state index in [-0.39, 0.29) is 17.6 Å². The molecule has 0 bridgehead atoms. The van der Waals surface area contributed by atoms with Crippen LogP contribution in [-0.2, 0) is 9.59 Å². The van der Waals surface area contributed by atoms with Gasteiger partial charge in [-0.1, -0.05) is 23.9 Å². The summed E-state index contributed by atoms with van der Waals surface area (Å²) in [6.07, 6.45) is 1.61. The predicted octanol–water partition coefficient (Wildman–Crippen LogP) is 1.06. The highest BCUT2D eigenvalue weighted by molar-refractivity contribution is 7.99. The first-order chi connectivity index (χ1) is 12.6. The normalized spacial score (nSPS) is 14.4. The zero-order chi connectivity index (χ0) is 18.5. The minimum atomic E-state index is 0.0350. The Morgan fingerprint density at radius 2 is 1.85 bits per heavy atom. The molecule has 1 fully saturated rings. The summed E-state index contributed by atoms with van der Waals surface area (Å²) in [6.45, 7) is 3.86. The molecule has 1 aliphatic rings. The Kier molecular flexibility index (Phi) is 5.77. The molecule has 8 nitrogen and oxygen atoms in total. The third-order valence-electron chi connectivity index (χ3n) is 4.26. The summed E-state index contributed by atoms with van der Waals surface area (Å²) in [4.78, 5) is 27.4. The summed E-state index contributed by atoms with van der Waals surface area (Å²) in [6, 6.07) is 7.58. The summed E-state index contributed by atoms with van der Waals surface area (Å²) in [5, 5.41) is 8.71. The highest BCUT2D eigenvalue weighted by Gasteiger charge is 2.23. The van der Waals surface area contributed by atoms with E-state index in [0.29, 0.717) is 37.1 Å². The average molecular weight is 375 g/mol. The van der Waals surface area contributed by atoms with Crippen molar-refractivity contribution in [1.29, 1.82) is 0 Å². The molecule has 138 valence electrons. The number of hydrogen-bond donors (Lipinski definition) is 0. The highest BCUT2D eigenvalue weighted by Crippen LogP contribution is 2.26. The third kappa shape index (κ3) is 3.98. The molecule has 0 radical (unpaired) electrons. The number of rotatable bonds is 5. The number of ether oxygens (including phenoxy) is 1. The van der Waals surface area contributed by atoms with Crippen molar-refractivity contribution in [3.8, 4) is 11.4 Å². The molecule has 9 heteroatoms. The number of carbonyl (C=O) groups excluding carboxylic acids is 2. The molecule has 0 spiro atoms. The second kappa shape index (κ2) is 8.22. The number of methoxy groups -OCH3 is 1. The summed E-state index contributed by atoms with van der Waals surface area (Å²) >= 11 is 1.34. The number of aromatic nitrogens is 3. The molecule has 2 heterocycles. The van der Waals surface area contributed by atoms with E-state index in [0.717, 1.165) is 5.69 Å². The number of nitrogens with zero attached hydrogens (tertiary/aromatic N) is 5. The number of thioether (sulfide) groups is 1. The number of hydrogen-bond acceptors (Lipinski definition) is 6. The largest absolute Gasteiger partial charge is 0.495 e. The van der Waals surface area contributed by atoms with Gasteiger partial charge in [0.2, 0.25) is 11.8 Å². The Morgan fingerprint density at radius 3 is 2.54 bits per heavy atom. The van der Waals surface area contributed by atoms with Gasteiger partial charge >= 0.3 is 0 Å². The Balaban J connectivity index is 1.62. The molecule has 0 unspecified atom stereocenters. The standard InChI is InChI=1S/C17H21N5O3S/c1-13(23)20-7-9-21(10-8-20)16(24)11-26-17-19-18-12-22(17)14-5-3-4-6-15(14)25-2/h3-6,12H,7-11H2,1-2H3. The molecule has 1 aliphatic heterocycles. The van der Waals surface area contributed by atoms with Crippen LogP contribution in [0.3, 0.4) is 0 Å². The van der Waals surface area contributed by atoms with Crippen molar-refractivity contribution in [1.82, 2.24) is 24.6 Å². The summed E-state index contributed by atoms with van der Waals surface area (Å²) in [5.41, 5.74) is 0.824. The molecule has 0 saturated carbocycles. The average Bonchev–Trinajstić information content (AvgIpc) is 3.14. The lowest BCUT2D eigenvalue weighted by Gasteiger charge is -2.34. The van der Waals surface area contributed by atoms with Crippen LogP contribution in [0.2, 0.25) is 0 Å². The fraction of sp³-hybridized carbons (Fsp3) is 0.412. The molecular weight excluding hydrogens is 354 g/mol. The van der Waals surface area contributed by atoms with E-state index >= 15 is 0 Å². The molecule has 0 atom stereocenters. The van der Waals surface area contributed by atoms with Crippen LogP contribution in [0, 0.1) is 0 Å². The topological polar surface area (TPSA) is 80.6 Å². The molecule has 2 aromatic rings. The van der Waals surface area contributed by atoms with Gasteiger partial charge in [0, 0.05) is 33.1 Å². The van der Waals surface area contributed by atoms with E-state index in [1.165, 1.54) is 11.8 Å². The second-order valence-corrected chi connectivity index (χ2v) is 6.77. The maximum Gasteiger partial charge on any atom is 0.233 e. The van der Waals surface area contributed by atoms with E-state index in [1.807, 2.05) is 28.8 Å². The highest BCUT2D eigenvalue weighted by atomic mass is 32.2. The minimum Gasteiger partial charge on any atom is -0.495 e. The molecule has 0 N–H and O–H groups in total. The fourth-order valence-electron chi connectivity index (χ4n) is 2.81. The number of benzene rings is 1. The van der Waals surface area contributed by atoms with Gasteiger partial charge in [0.25, 0.3) is 0 Å². The Bertz CT molecular complexity index is 786. The van der Waals surface area contributed by atoms with Crippen LogP contribution in [-0.4, -0.2) is 75.4 Å². The molecule has 1 saturated heterocycles. The molecule has 2 amide bonds. The quantitative estimate of drug-likeness (QED) is 0.727. The Hall–Kier alpha value is -2.55. The minimum absolute atomic E-state index is 0.0350. The summed E-state index contributed by atoms with van der Waals surface area (Å²) in [7, 11) is 1.61.